The zero-order chi connectivity index (χ0) is 16.3. The lowest BCUT2D eigenvalue weighted by Gasteiger charge is -2.40. The minimum atomic E-state index is -1.48. The number of esters is 1. The lowest BCUT2D eigenvalue weighted by molar-refractivity contribution is -0.180. The van der Waals surface area contributed by atoms with Gasteiger partial charge in [-0.3, -0.25) is 0 Å². The van der Waals surface area contributed by atoms with Crippen molar-refractivity contribution in [3.63, 3.8) is 0 Å². The van der Waals surface area contributed by atoms with Gasteiger partial charge in [-0.2, -0.15) is 0 Å². The van der Waals surface area contributed by atoms with Crippen LogP contribution in [-0.4, -0.2) is 42.7 Å². The van der Waals surface area contributed by atoms with E-state index in [4.69, 9.17) is 4.74 Å². The molecule has 1 aromatic carbocycles. The summed E-state index contributed by atoms with van der Waals surface area (Å²) in [6.45, 7) is 2.52. The first-order valence-electron chi connectivity index (χ1n) is 8.74. The normalized spacial score (nSPS) is 23.0. The van der Waals surface area contributed by atoms with Crippen molar-refractivity contribution in [3.05, 3.63) is 35.9 Å². The Balaban J connectivity index is 1.66. The van der Waals surface area contributed by atoms with Gasteiger partial charge in [-0.25, -0.2) is 4.79 Å². The van der Waals surface area contributed by atoms with Crippen molar-refractivity contribution in [2.24, 2.45) is 11.8 Å². The average Bonchev–Trinajstić information content (AvgIpc) is 2.53. The van der Waals surface area contributed by atoms with Gasteiger partial charge in [-0.15, -0.1) is 0 Å². The van der Waals surface area contributed by atoms with E-state index in [0.717, 1.165) is 45.2 Å². The Hall–Kier alpha value is -1.39. The number of hydrogen-bond donors (Lipinski definition) is 1. The lowest BCUT2D eigenvalue weighted by atomic mass is 9.69. The number of nitrogens with zero attached hydrogens (tertiary/aromatic N) is 1. The smallest absolute Gasteiger partial charge is 0.343 e. The van der Waals surface area contributed by atoms with Crippen molar-refractivity contribution in [2.75, 3.05) is 26.7 Å². The van der Waals surface area contributed by atoms with Gasteiger partial charge in [0.05, 0.1) is 6.61 Å². The molecule has 1 unspecified atom stereocenters. The largest absolute Gasteiger partial charge is 0.463 e. The summed E-state index contributed by atoms with van der Waals surface area (Å²) in [5.41, 5.74) is -0.816. The number of likely N-dealkylation sites (tertiary alicyclic amines) is 1. The van der Waals surface area contributed by atoms with Gasteiger partial charge < -0.3 is 14.7 Å². The number of piperidine rings is 1. The molecule has 126 valence electrons. The fraction of sp³-hybridized carbons (Fsp3) is 0.632. The van der Waals surface area contributed by atoms with E-state index in [1.54, 1.807) is 0 Å². The molecular formula is C19H27NO3. The number of benzene rings is 1. The van der Waals surface area contributed by atoms with E-state index in [1.807, 2.05) is 30.3 Å². The zero-order valence-electron chi connectivity index (χ0n) is 13.9. The zero-order valence-corrected chi connectivity index (χ0v) is 13.9. The quantitative estimate of drug-likeness (QED) is 0.848. The van der Waals surface area contributed by atoms with E-state index in [0.29, 0.717) is 18.1 Å². The van der Waals surface area contributed by atoms with Gasteiger partial charge in [-0.1, -0.05) is 36.8 Å². The van der Waals surface area contributed by atoms with E-state index in [9.17, 15) is 9.90 Å². The molecule has 0 radical (unpaired) electrons. The molecule has 1 heterocycles. The van der Waals surface area contributed by atoms with E-state index >= 15 is 0 Å². The maximum atomic E-state index is 12.7. The van der Waals surface area contributed by atoms with Crippen LogP contribution in [0.4, 0.5) is 0 Å². The second-order valence-electron chi connectivity index (χ2n) is 7.11. The number of rotatable bonds is 5. The number of carbonyl (C=O) groups is 1. The van der Waals surface area contributed by atoms with Crippen LogP contribution in [0.1, 0.15) is 37.7 Å². The highest BCUT2D eigenvalue weighted by Gasteiger charge is 2.49. The molecule has 1 aromatic rings. The van der Waals surface area contributed by atoms with Gasteiger partial charge in [0, 0.05) is 5.92 Å². The molecule has 0 aromatic heterocycles. The molecule has 0 bridgehead atoms. The summed E-state index contributed by atoms with van der Waals surface area (Å²) in [6.07, 6.45) is 4.94. The number of carbonyl (C=O) groups excluding carboxylic acids is 1. The van der Waals surface area contributed by atoms with Crippen LogP contribution in [0, 0.1) is 11.8 Å². The Morgan fingerprint density at radius 2 is 1.87 bits per heavy atom. The third-order valence-corrected chi connectivity index (χ3v) is 5.51. The molecule has 1 saturated heterocycles. The molecule has 3 rings (SSSR count). The SMILES string of the molecule is CN1CCC(COC(=O)C(O)(c2ccccc2)C2CCC2)CC1. The highest BCUT2D eigenvalue weighted by molar-refractivity contribution is 5.81. The van der Waals surface area contributed by atoms with Gasteiger partial charge in [0.25, 0.3) is 0 Å². The van der Waals surface area contributed by atoms with Crippen molar-refractivity contribution < 1.29 is 14.6 Å². The molecule has 1 atom stereocenters. The molecule has 4 heteroatoms. The Kier molecular flexibility index (Phi) is 5.02. The minimum Gasteiger partial charge on any atom is -0.463 e. The number of aliphatic hydroxyl groups is 1. The Morgan fingerprint density at radius 1 is 1.22 bits per heavy atom. The molecular weight excluding hydrogens is 290 g/mol. The molecule has 2 fully saturated rings. The van der Waals surface area contributed by atoms with Crippen molar-refractivity contribution in [2.45, 2.75) is 37.7 Å². The van der Waals surface area contributed by atoms with Gasteiger partial charge in [0.2, 0.25) is 0 Å². The highest BCUT2D eigenvalue weighted by Crippen LogP contribution is 2.43. The summed E-state index contributed by atoms with van der Waals surface area (Å²) in [6, 6.07) is 9.28. The van der Waals surface area contributed by atoms with Crippen molar-refractivity contribution in [1.29, 1.82) is 0 Å². The predicted octanol–water partition coefficient (Wildman–Crippen LogP) is 2.56. The van der Waals surface area contributed by atoms with Crippen molar-refractivity contribution >= 4 is 5.97 Å². The van der Waals surface area contributed by atoms with Crippen LogP contribution in [0.15, 0.2) is 30.3 Å². The monoisotopic (exact) mass is 317 g/mol. The molecule has 1 saturated carbocycles. The molecule has 4 nitrogen and oxygen atoms in total. The molecule has 1 aliphatic heterocycles. The molecule has 2 aliphatic rings. The summed E-state index contributed by atoms with van der Waals surface area (Å²) in [5.74, 6) is -0.0706. The number of hydrogen-bond acceptors (Lipinski definition) is 4. The predicted molar refractivity (Wildman–Crippen MR) is 88.9 cm³/mol. The number of ether oxygens (including phenoxy) is 1. The van der Waals surface area contributed by atoms with Crippen molar-refractivity contribution in [1.82, 2.24) is 4.90 Å². The first-order valence-corrected chi connectivity index (χ1v) is 8.74. The minimum absolute atomic E-state index is 0.0186. The standard InChI is InChI=1S/C19H27NO3/c1-20-12-10-15(11-13-20)14-23-18(21)19(22,17-8-5-9-17)16-6-3-2-4-7-16/h2-4,6-7,15,17,22H,5,8-14H2,1H3. The maximum Gasteiger partial charge on any atom is 0.343 e. The Labute approximate surface area is 138 Å². The summed E-state index contributed by atoms with van der Waals surface area (Å²) >= 11 is 0. The molecule has 1 aliphatic carbocycles. The van der Waals surface area contributed by atoms with E-state index in [2.05, 4.69) is 11.9 Å². The maximum absolute atomic E-state index is 12.7. The molecule has 0 amide bonds. The lowest BCUT2D eigenvalue weighted by Crippen LogP contribution is -2.47. The summed E-state index contributed by atoms with van der Waals surface area (Å²) in [4.78, 5) is 15.0. The van der Waals surface area contributed by atoms with E-state index < -0.39 is 11.6 Å². The summed E-state index contributed by atoms with van der Waals surface area (Å²) < 4.78 is 5.59. The third-order valence-electron chi connectivity index (χ3n) is 5.51. The molecule has 23 heavy (non-hydrogen) atoms. The van der Waals surface area contributed by atoms with E-state index in [-0.39, 0.29) is 5.92 Å². The second kappa shape index (κ2) is 7.02. The van der Waals surface area contributed by atoms with Crippen LogP contribution in [0.3, 0.4) is 0 Å². The first kappa shape index (κ1) is 16.5. The van der Waals surface area contributed by atoms with Crippen LogP contribution in [0.2, 0.25) is 0 Å². The van der Waals surface area contributed by atoms with Gasteiger partial charge >= 0.3 is 5.97 Å². The van der Waals surface area contributed by atoms with Crippen molar-refractivity contribution in [3.8, 4) is 0 Å². The third kappa shape index (κ3) is 3.43. The summed E-state index contributed by atoms with van der Waals surface area (Å²) in [7, 11) is 2.12. The van der Waals surface area contributed by atoms with Crippen LogP contribution >= 0.6 is 0 Å². The van der Waals surface area contributed by atoms with Gasteiger partial charge in [0.15, 0.2) is 5.60 Å². The second-order valence-corrected chi connectivity index (χ2v) is 7.11. The van der Waals surface area contributed by atoms with Gasteiger partial charge in [0.1, 0.15) is 0 Å². The van der Waals surface area contributed by atoms with Crippen LogP contribution in [0.25, 0.3) is 0 Å². The first-order chi connectivity index (χ1) is 11.1. The molecule has 1 N–H and O–H groups in total. The molecule has 0 spiro atoms. The fourth-order valence-corrected chi connectivity index (χ4v) is 3.57. The van der Waals surface area contributed by atoms with Gasteiger partial charge in [-0.05, 0) is 57.3 Å². The summed E-state index contributed by atoms with van der Waals surface area (Å²) in [5, 5.41) is 11.2. The van der Waals surface area contributed by atoms with E-state index in [1.165, 1.54) is 0 Å². The highest BCUT2D eigenvalue weighted by atomic mass is 16.5. The topological polar surface area (TPSA) is 49.8 Å². The fourth-order valence-electron chi connectivity index (χ4n) is 3.57. The Bertz CT molecular complexity index is 521. The Morgan fingerprint density at radius 3 is 2.43 bits per heavy atom. The van der Waals surface area contributed by atoms with Crippen LogP contribution in [-0.2, 0) is 15.1 Å². The van der Waals surface area contributed by atoms with Crippen LogP contribution < -0.4 is 0 Å². The van der Waals surface area contributed by atoms with Crippen LogP contribution in [0.5, 0.6) is 0 Å². The average molecular weight is 317 g/mol.